The Labute approximate surface area is 202 Å². The Morgan fingerprint density at radius 1 is 0.412 bits per heavy atom. The second kappa shape index (κ2) is 9.11. The molecule has 4 aromatic carbocycles. The summed E-state index contributed by atoms with van der Waals surface area (Å²) < 4.78 is 0. The maximum atomic E-state index is 5.01. The zero-order valence-corrected chi connectivity index (χ0v) is 20.3. The van der Waals surface area contributed by atoms with Gasteiger partial charge in [-0.25, -0.2) is 4.98 Å². The van der Waals surface area contributed by atoms with Crippen LogP contribution in [0.25, 0.3) is 44.8 Å². The number of aryl methyl sites for hydroxylation is 2. The fourth-order valence-electron chi connectivity index (χ4n) is 4.69. The van der Waals surface area contributed by atoms with E-state index >= 15 is 0 Å². The number of hydrogen-bond donors (Lipinski definition) is 0. The number of benzene rings is 4. The lowest BCUT2D eigenvalue weighted by Crippen LogP contribution is -1.95. The first-order valence-corrected chi connectivity index (χ1v) is 11.8. The lowest BCUT2D eigenvalue weighted by atomic mass is 9.89. The summed E-state index contributed by atoms with van der Waals surface area (Å²) in [6, 6.07) is 36.5. The third-order valence-electron chi connectivity index (χ3n) is 6.84. The maximum absolute atomic E-state index is 5.01. The van der Waals surface area contributed by atoms with E-state index in [4.69, 9.17) is 4.98 Å². The standard InChI is InChI=1S/C33H29N/c1-22-19-23(2)25(4)33(24(22)3)29-17-15-26(16-18-29)30-20-31(27-11-7-5-8-12-27)34-32(21-30)28-13-9-6-10-14-28/h5-21H,1-4H3. The van der Waals surface area contributed by atoms with E-state index in [0.29, 0.717) is 0 Å². The van der Waals surface area contributed by atoms with Crippen molar-refractivity contribution in [1.29, 1.82) is 0 Å². The second-order valence-corrected chi connectivity index (χ2v) is 9.07. The van der Waals surface area contributed by atoms with Crippen LogP contribution in [0.2, 0.25) is 0 Å². The minimum absolute atomic E-state index is 0.988. The maximum Gasteiger partial charge on any atom is 0.0715 e. The molecule has 0 saturated heterocycles. The minimum Gasteiger partial charge on any atom is -0.248 e. The number of rotatable bonds is 4. The first kappa shape index (κ1) is 21.9. The van der Waals surface area contributed by atoms with Crippen LogP contribution in [0.15, 0.2) is 103 Å². The van der Waals surface area contributed by atoms with E-state index in [1.807, 2.05) is 12.1 Å². The smallest absolute Gasteiger partial charge is 0.0715 e. The van der Waals surface area contributed by atoms with E-state index in [1.165, 1.54) is 44.5 Å². The van der Waals surface area contributed by atoms with Gasteiger partial charge in [-0.15, -0.1) is 0 Å². The molecular formula is C33H29N. The molecule has 1 heterocycles. The van der Waals surface area contributed by atoms with Gasteiger partial charge >= 0.3 is 0 Å². The molecule has 0 bridgehead atoms. The van der Waals surface area contributed by atoms with Crippen molar-refractivity contribution in [3.05, 3.63) is 125 Å². The Bertz CT molecular complexity index is 1360. The zero-order chi connectivity index (χ0) is 23.7. The van der Waals surface area contributed by atoms with Crippen LogP contribution >= 0.6 is 0 Å². The molecule has 0 aliphatic carbocycles. The van der Waals surface area contributed by atoms with Crippen LogP contribution in [0.1, 0.15) is 22.3 Å². The summed E-state index contributed by atoms with van der Waals surface area (Å²) in [5.74, 6) is 0. The normalized spacial score (nSPS) is 10.9. The summed E-state index contributed by atoms with van der Waals surface area (Å²) >= 11 is 0. The Morgan fingerprint density at radius 2 is 0.853 bits per heavy atom. The largest absolute Gasteiger partial charge is 0.248 e. The zero-order valence-electron chi connectivity index (χ0n) is 20.3. The monoisotopic (exact) mass is 439 g/mol. The highest BCUT2D eigenvalue weighted by atomic mass is 14.7. The van der Waals surface area contributed by atoms with E-state index in [-0.39, 0.29) is 0 Å². The number of aromatic nitrogens is 1. The van der Waals surface area contributed by atoms with Gasteiger partial charge in [-0.3, -0.25) is 0 Å². The molecule has 1 aromatic heterocycles. The van der Waals surface area contributed by atoms with Crippen molar-refractivity contribution >= 4 is 0 Å². The molecule has 5 rings (SSSR count). The number of pyridine rings is 1. The molecule has 0 unspecified atom stereocenters. The van der Waals surface area contributed by atoms with Crippen LogP contribution in [-0.2, 0) is 0 Å². The summed E-state index contributed by atoms with van der Waals surface area (Å²) in [4.78, 5) is 5.01. The molecule has 0 spiro atoms. The topological polar surface area (TPSA) is 12.9 Å². The predicted octanol–water partition coefficient (Wildman–Crippen LogP) is 8.98. The molecule has 0 radical (unpaired) electrons. The average molecular weight is 440 g/mol. The van der Waals surface area contributed by atoms with Gasteiger partial charge in [0.15, 0.2) is 0 Å². The third-order valence-corrected chi connectivity index (χ3v) is 6.84. The van der Waals surface area contributed by atoms with Gasteiger partial charge in [0.05, 0.1) is 11.4 Å². The Kier molecular flexibility index (Phi) is 5.86. The lowest BCUT2D eigenvalue weighted by Gasteiger charge is -2.16. The highest BCUT2D eigenvalue weighted by Gasteiger charge is 2.12. The quantitative estimate of drug-likeness (QED) is 0.272. The lowest BCUT2D eigenvalue weighted by molar-refractivity contribution is 1.24. The van der Waals surface area contributed by atoms with Gasteiger partial charge in [-0.2, -0.15) is 0 Å². The van der Waals surface area contributed by atoms with Crippen molar-refractivity contribution in [3.8, 4) is 44.8 Å². The second-order valence-electron chi connectivity index (χ2n) is 9.07. The first-order valence-electron chi connectivity index (χ1n) is 11.8. The van der Waals surface area contributed by atoms with Crippen molar-refractivity contribution in [1.82, 2.24) is 4.98 Å². The van der Waals surface area contributed by atoms with Crippen molar-refractivity contribution in [2.45, 2.75) is 27.7 Å². The average Bonchev–Trinajstić information content (AvgIpc) is 2.89. The van der Waals surface area contributed by atoms with Gasteiger partial charge in [0, 0.05) is 11.1 Å². The van der Waals surface area contributed by atoms with Crippen LogP contribution in [0, 0.1) is 27.7 Å². The van der Waals surface area contributed by atoms with Crippen LogP contribution < -0.4 is 0 Å². The van der Waals surface area contributed by atoms with Gasteiger partial charge in [-0.05, 0) is 84.3 Å². The number of nitrogens with zero attached hydrogens (tertiary/aromatic N) is 1. The van der Waals surface area contributed by atoms with Gasteiger partial charge in [0.25, 0.3) is 0 Å². The van der Waals surface area contributed by atoms with Crippen molar-refractivity contribution in [2.24, 2.45) is 0 Å². The van der Waals surface area contributed by atoms with Crippen molar-refractivity contribution < 1.29 is 0 Å². The Hall–Kier alpha value is -3.97. The predicted molar refractivity (Wildman–Crippen MR) is 145 cm³/mol. The van der Waals surface area contributed by atoms with Crippen molar-refractivity contribution in [2.75, 3.05) is 0 Å². The molecule has 0 aliphatic rings. The summed E-state index contributed by atoms with van der Waals surface area (Å²) in [5.41, 5.74) is 14.6. The molecule has 166 valence electrons. The van der Waals surface area contributed by atoms with Gasteiger partial charge in [-0.1, -0.05) is 91.0 Å². The summed E-state index contributed by atoms with van der Waals surface area (Å²) in [6.07, 6.45) is 0. The van der Waals surface area contributed by atoms with Crippen LogP contribution in [0.3, 0.4) is 0 Å². The minimum atomic E-state index is 0.988. The van der Waals surface area contributed by atoms with Crippen molar-refractivity contribution in [3.63, 3.8) is 0 Å². The summed E-state index contributed by atoms with van der Waals surface area (Å²) in [5, 5.41) is 0. The van der Waals surface area contributed by atoms with Crippen LogP contribution in [-0.4, -0.2) is 4.98 Å². The highest BCUT2D eigenvalue weighted by molar-refractivity contribution is 5.79. The molecule has 0 saturated carbocycles. The van der Waals surface area contributed by atoms with Gasteiger partial charge < -0.3 is 0 Å². The fraction of sp³-hybridized carbons (Fsp3) is 0.121. The van der Waals surface area contributed by atoms with E-state index in [9.17, 15) is 0 Å². The van der Waals surface area contributed by atoms with Gasteiger partial charge in [0.1, 0.15) is 0 Å². The van der Waals surface area contributed by atoms with E-state index in [1.54, 1.807) is 0 Å². The van der Waals surface area contributed by atoms with Crippen LogP contribution in [0.5, 0.6) is 0 Å². The molecule has 0 fully saturated rings. The van der Waals surface area contributed by atoms with Gasteiger partial charge in [0.2, 0.25) is 0 Å². The molecule has 0 amide bonds. The molecule has 1 heteroatoms. The molecular weight excluding hydrogens is 410 g/mol. The molecule has 34 heavy (non-hydrogen) atoms. The molecule has 0 N–H and O–H groups in total. The molecule has 1 nitrogen and oxygen atoms in total. The SMILES string of the molecule is Cc1cc(C)c(C)c(-c2ccc(-c3cc(-c4ccccc4)nc(-c4ccccc4)c3)cc2)c1C. The van der Waals surface area contributed by atoms with E-state index in [0.717, 1.165) is 22.5 Å². The number of hydrogen-bond acceptors (Lipinski definition) is 1. The first-order chi connectivity index (χ1) is 16.5. The third kappa shape index (κ3) is 4.18. The Balaban J connectivity index is 1.62. The Morgan fingerprint density at radius 3 is 1.32 bits per heavy atom. The highest BCUT2D eigenvalue weighted by Crippen LogP contribution is 2.34. The summed E-state index contributed by atoms with van der Waals surface area (Å²) in [7, 11) is 0. The molecule has 0 aliphatic heterocycles. The summed E-state index contributed by atoms with van der Waals surface area (Å²) in [6.45, 7) is 8.86. The molecule has 0 atom stereocenters. The fourth-order valence-corrected chi connectivity index (χ4v) is 4.69. The van der Waals surface area contributed by atoms with E-state index < -0.39 is 0 Å². The van der Waals surface area contributed by atoms with E-state index in [2.05, 4.69) is 119 Å². The molecule has 5 aromatic rings. The van der Waals surface area contributed by atoms with Crippen LogP contribution in [0.4, 0.5) is 0 Å².